The molecule has 0 spiro atoms. The molecule has 25 heavy (non-hydrogen) atoms. The fraction of sp³-hybridized carbons (Fsp3) is 0.375. The summed E-state index contributed by atoms with van der Waals surface area (Å²) in [4.78, 5) is 28.9. The highest BCUT2D eigenvalue weighted by Gasteiger charge is 2.49. The smallest absolute Gasteiger partial charge is 0.262 e. The van der Waals surface area contributed by atoms with E-state index in [1.807, 2.05) is 0 Å². The van der Waals surface area contributed by atoms with Gasteiger partial charge in [0.05, 0.1) is 23.6 Å². The van der Waals surface area contributed by atoms with Gasteiger partial charge >= 0.3 is 0 Å². The van der Waals surface area contributed by atoms with Crippen LogP contribution in [0.15, 0.2) is 29.3 Å². The Morgan fingerprint density at radius 3 is 2.60 bits per heavy atom. The minimum atomic E-state index is -3.14. The summed E-state index contributed by atoms with van der Waals surface area (Å²) in [5, 5.41) is 8.84. The number of rotatable bonds is 3. The molecule has 1 aromatic carbocycles. The minimum Gasteiger partial charge on any atom is -0.316 e. The fourth-order valence-corrected chi connectivity index (χ4v) is 6.87. The molecular weight excluding hydrogens is 362 g/mol. The first kappa shape index (κ1) is 17.6. The van der Waals surface area contributed by atoms with Crippen LogP contribution in [0.25, 0.3) is 0 Å². The zero-order valence-electron chi connectivity index (χ0n) is 13.4. The van der Waals surface area contributed by atoms with Crippen molar-refractivity contribution >= 4 is 44.1 Å². The topological polar surface area (TPSA) is 108 Å². The van der Waals surface area contributed by atoms with Crippen LogP contribution in [0.1, 0.15) is 23.7 Å². The first-order valence-corrected chi connectivity index (χ1v) is 10.3. The number of Topliss-reactive ketones (excluding diaryl/α,β-unsaturated/α-hetero) is 1. The van der Waals surface area contributed by atoms with Crippen molar-refractivity contribution in [3.05, 3.63) is 29.8 Å². The summed E-state index contributed by atoms with van der Waals surface area (Å²) in [6, 6.07) is 8.20. The molecule has 7 nitrogen and oxygen atoms in total. The van der Waals surface area contributed by atoms with Gasteiger partial charge in [0.25, 0.3) is 5.91 Å². The van der Waals surface area contributed by atoms with Crippen LogP contribution in [-0.4, -0.2) is 48.1 Å². The summed E-state index contributed by atoms with van der Waals surface area (Å²) >= 11 is 1.25. The summed E-state index contributed by atoms with van der Waals surface area (Å²) in [5.41, 5.74) is 1.22. The van der Waals surface area contributed by atoms with E-state index in [0.29, 0.717) is 16.4 Å². The molecule has 1 amide bonds. The van der Waals surface area contributed by atoms with Gasteiger partial charge in [-0.3, -0.25) is 9.59 Å². The standard InChI is InChI=1S/C16H15N3O4S2/c1-10(20)11-2-4-12(5-3-11)19-13-8-25(22,23)9-14(13)24-16(19)18-15(21)6-7-17/h2-5,13-14H,6,8-9H2,1H3/t13-,14+/m1/s1. The van der Waals surface area contributed by atoms with Crippen molar-refractivity contribution in [2.45, 2.75) is 24.6 Å². The number of aliphatic imine (C=N–C) groups is 1. The second kappa shape index (κ2) is 6.61. The fourth-order valence-electron chi connectivity index (χ4n) is 2.94. The van der Waals surface area contributed by atoms with Crippen LogP contribution >= 0.6 is 11.8 Å². The van der Waals surface area contributed by atoms with Crippen molar-refractivity contribution in [1.29, 1.82) is 5.26 Å². The Balaban J connectivity index is 1.99. The molecule has 2 saturated heterocycles. The average Bonchev–Trinajstić information content (AvgIpc) is 2.98. The van der Waals surface area contributed by atoms with Gasteiger partial charge in [0.2, 0.25) is 0 Å². The van der Waals surface area contributed by atoms with Gasteiger partial charge in [0.1, 0.15) is 6.42 Å². The van der Waals surface area contributed by atoms with E-state index in [1.54, 1.807) is 35.2 Å². The van der Waals surface area contributed by atoms with Gasteiger partial charge in [-0.1, -0.05) is 11.8 Å². The van der Waals surface area contributed by atoms with Gasteiger partial charge in [0.15, 0.2) is 20.8 Å². The number of amidine groups is 1. The Kier molecular flexibility index (Phi) is 4.67. The number of carbonyl (C=O) groups excluding carboxylic acids is 2. The highest BCUT2D eigenvalue weighted by molar-refractivity contribution is 8.16. The highest BCUT2D eigenvalue weighted by atomic mass is 32.2. The third-order valence-electron chi connectivity index (χ3n) is 4.07. The number of sulfone groups is 1. The molecule has 130 valence electrons. The maximum absolute atomic E-state index is 12.0. The molecule has 0 aromatic heterocycles. The molecule has 0 unspecified atom stereocenters. The van der Waals surface area contributed by atoms with Crippen LogP contribution in [-0.2, 0) is 14.6 Å². The van der Waals surface area contributed by atoms with E-state index >= 15 is 0 Å². The van der Waals surface area contributed by atoms with Crippen LogP contribution in [0.4, 0.5) is 5.69 Å². The summed E-state index contributed by atoms with van der Waals surface area (Å²) in [6.07, 6.45) is -0.325. The average molecular weight is 377 g/mol. The maximum atomic E-state index is 12.0. The second-order valence-electron chi connectivity index (χ2n) is 5.90. The summed E-state index contributed by atoms with van der Waals surface area (Å²) in [6.45, 7) is 1.47. The van der Waals surface area contributed by atoms with Gasteiger partial charge in [0, 0.05) is 16.5 Å². The van der Waals surface area contributed by atoms with Gasteiger partial charge in [-0.2, -0.15) is 10.3 Å². The number of anilines is 1. The number of amides is 1. The summed E-state index contributed by atoms with van der Waals surface area (Å²) in [7, 11) is -3.14. The van der Waals surface area contributed by atoms with E-state index in [-0.39, 0.29) is 35.0 Å². The van der Waals surface area contributed by atoms with Gasteiger partial charge in [-0.15, -0.1) is 0 Å². The highest BCUT2D eigenvalue weighted by Crippen LogP contribution is 2.41. The van der Waals surface area contributed by atoms with Crippen LogP contribution < -0.4 is 4.90 Å². The van der Waals surface area contributed by atoms with Crippen molar-refractivity contribution in [2.24, 2.45) is 4.99 Å². The Labute approximate surface area is 149 Å². The molecule has 3 rings (SSSR count). The zero-order valence-corrected chi connectivity index (χ0v) is 15.0. The van der Waals surface area contributed by atoms with Crippen LogP contribution in [0.5, 0.6) is 0 Å². The predicted octanol–water partition coefficient (Wildman–Crippen LogP) is 1.40. The monoisotopic (exact) mass is 377 g/mol. The zero-order chi connectivity index (χ0) is 18.2. The molecule has 0 bridgehead atoms. The number of carbonyl (C=O) groups is 2. The lowest BCUT2D eigenvalue weighted by Gasteiger charge is -2.24. The van der Waals surface area contributed by atoms with Crippen LogP contribution in [0.2, 0.25) is 0 Å². The molecule has 2 heterocycles. The van der Waals surface area contributed by atoms with Gasteiger partial charge in [-0.25, -0.2) is 8.42 Å². The van der Waals surface area contributed by atoms with Crippen LogP contribution in [0, 0.1) is 11.3 Å². The summed E-state index contributed by atoms with van der Waals surface area (Å²) in [5.74, 6) is -0.597. The van der Waals surface area contributed by atoms with Crippen molar-refractivity contribution in [3.63, 3.8) is 0 Å². The number of ketones is 1. The largest absolute Gasteiger partial charge is 0.316 e. The van der Waals surface area contributed by atoms with E-state index < -0.39 is 15.7 Å². The first-order chi connectivity index (χ1) is 11.8. The third-order valence-corrected chi connectivity index (χ3v) is 7.28. The molecule has 0 N–H and O–H groups in total. The number of hydrogen-bond acceptors (Lipinski definition) is 6. The molecule has 2 aliphatic rings. The number of benzene rings is 1. The van der Waals surface area contributed by atoms with Gasteiger partial charge in [-0.05, 0) is 31.2 Å². The van der Waals surface area contributed by atoms with Crippen molar-refractivity contribution in [1.82, 2.24) is 0 Å². The predicted molar refractivity (Wildman–Crippen MR) is 95.4 cm³/mol. The lowest BCUT2D eigenvalue weighted by Crippen LogP contribution is -2.37. The second-order valence-corrected chi connectivity index (χ2v) is 9.26. The van der Waals surface area contributed by atoms with E-state index in [0.717, 1.165) is 0 Å². The molecular formula is C16H15N3O4S2. The molecule has 2 atom stereocenters. The molecule has 2 fully saturated rings. The molecule has 0 saturated carbocycles. The normalized spacial score (nSPS) is 25.6. The molecule has 0 aliphatic carbocycles. The summed E-state index contributed by atoms with van der Waals surface area (Å²) < 4.78 is 23.9. The number of fused-ring (bicyclic) bond motifs is 1. The Hall–Kier alpha value is -2.18. The quantitative estimate of drug-likeness (QED) is 0.733. The Bertz CT molecular complexity index is 900. The molecule has 1 aromatic rings. The lowest BCUT2D eigenvalue weighted by molar-refractivity contribution is -0.116. The SMILES string of the molecule is CC(=O)c1ccc(N2C(=NC(=O)CC#N)S[C@H]3CS(=O)(=O)C[C@H]32)cc1. The van der Waals surface area contributed by atoms with Gasteiger partial charge < -0.3 is 4.90 Å². The van der Waals surface area contributed by atoms with E-state index in [4.69, 9.17) is 5.26 Å². The van der Waals surface area contributed by atoms with Crippen molar-refractivity contribution < 1.29 is 18.0 Å². The number of thioether (sulfide) groups is 1. The van der Waals surface area contributed by atoms with Crippen molar-refractivity contribution in [2.75, 3.05) is 16.4 Å². The third kappa shape index (κ3) is 3.60. The molecule has 2 aliphatic heterocycles. The van der Waals surface area contributed by atoms with Crippen molar-refractivity contribution in [3.8, 4) is 6.07 Å². The first-order valence-electron chi connectivity index (χ1n) is 7.56. The number of nitrogens with zero attached hydrogens (tertiary/aromatic N) is 3. The van der Waals surface area contributed by atoms with E-state index in [2.05, 4.69) is 4.99 Å². The minimum absolute atomic E-state index is 0.00934. The molecule has 9 heteroatoms. The Morgan fingerprint density at radius 2 is 2.00 bits per heavy atom. The van der Waals surface area contributed by atoms with Crippen LogP contribution in [0.3, 0.4) is 0 Å². The van der Waals surface area contributed by atoms with E-state index in [1.165, 1.54) is 18.7 Å². The number of hydrogen-bond donors (Lipinski definition) is 0. The molecule has 0 radical (unpaired) electrons. The Morgan fingerprint density at radius 1 is 1.32 bits per heavy atom. The lowest BCUT2D eigenvalue weighted by atomic mass is 10.1. The maximum Gasteiger partial charge on any atom is 0.262 e. The van der Waals surface area contributed by atoms with E-state index in [9.17, 15) is 18.0 Å². The number of nitriles is 1.